The Morgan fingerprint density at radius 1 is 1.08 bits per heavy atom. The van der Waals surface area contributed by atoms with Crippen molar-refractivity contribution in [1.29, 1.82) is 0 Å². The van der Waals surface area contributed by atoms with Gasteiger partial charge in [0.05, 0.1) is 5.60 Å². The van der Waals surface area contributed by atoms with E-state index in [2.05, 4.69) is 27.7 Å². The van der Waals surface area contributed by atoms with Gasteiger partial charge in [0.2, 0.25) is 0 Å². The molecule has 2 heteroatoms. The molecule has 0 spiro atoms. The lowest BCUT2D eigenvalue weighted by Crippen LogP contribution is -2.53. The monoisotopic (exact) mass is 334 g/mol. The van der Waals surface area contributed by atoms with E-state index in [0.717, 1.165) is 37.5 Å². The predicted molar refractivity (Wildman–Crippen MR) is 98.7 cm³/mol. The molecule has 0 amide bonds. The summed E-state index contributed by atoms with van der Waals surface area (Å²) in [4.78, 5) is 12.0. The largest absolute Gasteiger partial charge is 0.389 e. The molecule has 0 aromatic rings. The van der Waals surface area contributed by atoms with E-state index >= 15 is 0 Å². The van der Waals surface area contributed by atoms with Gasteiger partial charge in [0.15, 0.2) is 0 Å². The van der Waals surface area contributed by atoms with Crippen molar-refractivity contribution in [3.05, 3.63) is 0 Å². The minimum absolute atomic E-state index is 0.103. The van der Waals surface area contributed by atoms with Crippen LogP contribution in [0.15, 0.2) is 0 Å². The zero-order valence-electron chi connectivity index (χ0n) is 16.3. The maximum atomic E-state index is 12.0. The Hall–Kier alpha value is -0.370. The summed E-state index contributed by atoms with van der Waals surface area (Å²) >= 11 is 0. The summed E-state index contributed by atoms with van der Waals surface area (Å²) in [7, 11) is 0. The van der Waals surface area contributed by atoms with Crippen molar-refractivity contribution >= 4 is 5.78 Å². The molecule has 0 aromatic heterocycles. The van der Waals surface area contributed by atoms with Gasteiger partial charge in [-0.25, -0.2) is 0 Å². The average Bonchev–Trinajstić information content (AvgIpc) is 2.79. The molecule has 1 N–H and O–H groups in total. The van der Waals surface area contributed by atoms with E-state index in [1.54, 1.807) is 0 Å². The van der Waals surface area contributed by atoms with Crippen LogP contribution in [0.4, 0.5) is 0 Å². The van der Waals surface area contributed by atoms with Gasteiger partial charge in [-0.05, 0) is 80.0 Å². The van der Waals surface area contributed by atoms with Crippen LogP contribution in [0.5, 0.6) is 0 Å². The number of carbonyl (C=O) groups excluding carboxylic acids is 1. The highest BCUT2D eigenvalue weighted by molar-refractivity contribution is 5.78. The predicted octanol–water partition coefficient (Wildman–Crippen LogP) is 5.38. The Morgan fingerprint density at radius 2 is 1.83 bits per heavy atom. The van der Waals surface area contributed by atoms with Gasteiger partial charge in [-0.2, -0.15) is 0 Å². The SMILES string of the molecule is CC(C)[C@@]1(O)CC[C@H]2[C@@H]3CC[C@H](C)CC(=O)CCCC3CC[C@@]21C. The fraction of sp³-hybridized carbons (Fsp3) is 0.955. The van der Waals surface area contributed by atoms with E-state index < -0.39 is 5.60 Å². The van der Waals surface area contributed by atoms with E-state index in [9.17, 15) is 9.90 Å². The van der Waals surface area contributed by atoms with Gasteiger partial charge in [0.25, 0.3) is 0 Å². The lowest BCUT2D eigenvalue weighted by Gasteiger charge is -2.53. The maximum absolute atomic E-state index is 12.0. The van der Waals surface area contributed by atoms with Crippen molar-refractivity contribution in [2.24, 2.45) is 35.0 Å². The molecule has 3 saturated carbocycles. The average molecular weight is 335 g/mol. The van der Waals surface area contributed by atoms with Gasteiger partial charge in [-0.15, -0.1) is 0 Å². The summed E-state index contributed by atoms with van der Waals surface area (Å²) in [5.41, 5.74) is -0.370. The highest BCUT2D eigenvalue weighted by Gasteiger charge is 2.61. The second-order valence-electron chi connectivity index (χ2n) is 9.92. The Labute approximate surface area is 148 Å². The fourth-order valence-electron chi connectivity index (χ4n) is 6.79. The summed E-state index contributed by atoms with van der Waals surface area (Å²) in [6, 6.07) is 0. The Morgan fingerprint density at radius 3 is 2.54 bits per heavy atom. The molecule has 6 atom stereocenters. The van der Waals surface area contributed by atoms with Gasteiger partial charge in [-0.1, -0.05) is 34.1 Å². The van der Waals surface area contributed by atoms with Gasteiger partial charge in [0.1, 0.15) is 5.78 Å². The molecule has 0 saturated heterocycles. The van der Waals surface area contributed by atoms with E-state index in [1.807, 2.05) is 0 Å². The molecule has 3 aliphatic rings. The molecule has 138 valence electrons. The molecule has 0 heterocycles. The van der Waals surface area contributed by atoms with E-state index in [1.165, 1.54) is 38.5 Å². The number of ketones is 1. The first-order chi connectivity index (χ1) is 11.3. The van der Waals surface area contributed by atoms with Crippen LogP contribution in [0.1, 0.15) is 91.9 Å². The molecule has 1 unspecified atom stereocenters. The van der Waals surface area contributed by atoms with Crippen LogP contribution in [0.3, 0.4) is 0 Å². The van der Waals surface area contributed by atoms with Crippen LogP contribution in [0.2, 0.25) is 0 Å². The maximum Gasteiger partial charge on any atom is 0.133 e. The summed E-state index contributed by atoms with van der Waals surface area (Å²) in [5, 5.41) is 11.5. The zero-order chi connectivity index (χ0) is 17.5. The van der Waals surface area contributed by atoms with Gasteiger partial charge in [-0.3, -0.25) is 4.79 Å². The van der Waals surface area contributed by atoms with Crippen molar-refractivity contribution in [3.63, 3.8) is 0 Å². The molecular weight excluding hydrogens is 296 g/mol. The van der Waals surface area contributed by atoms with Crippen LogP contribution in [-0.4, -0.2) is 16.5 Å². The lowest BCUT2D eigenvalue weighted by atomic mass is 9.53. The third-order valence-electron chi connectivity index (χ3n) is 8.36. The Bertz CT molecular complexity index is 471. The number of hydrogen-bond acceptors (Lipinski definition) is 2. The minimum Gasteiger partial charge on any atom is -0.389 e. The molecular formula is C22H38O2. The summed E-state index contributed by atoms with van der Waals surface area (Å²) in [6.07, 6.45) is 11.0. The zero-order valence-corrected chi connectivity index (χ0v) is 16.3. The van der Waals surface area contributed by atoms with Crippen LogP contribution in [0.25, 0.3) is 0 Å². The van der Waals surface area contributed by atoms with Crippen LogP contribution in [0, 0.1) is 35.0 Å². The summed E-state index contributed by atoms with van der Waals surface area (Å²) < 4.78 is 0. The first-order valence-corrected chi connectivity index (χ1v) is 10.5. The first-order valence-electron chi connectivity index (χ1n) is 10.5. The standard InChI is InChI=1S/C22H38O2/c1-15(2)22(24)13-11-20-19-9-8-16(3)14-18(23)7-5-6-17(19)10-12-21(20,22)4/h15-17,19-20,24H,5-14H2,1-4H3/t16-,17?,19+,20-,21-,22-/m0/s1. The summed E-state index contributed by atoms with van der Waals surface area (Å²) in [6.45, 7) is 9.07. The van der Waals surface area contributed by atoms with Crippen LogP contribution in [-0.2, 0) is 4.79 Å². The molecule has 0 aliphatic heterocycles. The second kappa shape index (κ2) is 6.74. The Balaban J connectivity index is 1.82. The highest BCUT2D eigenvalue weighted by Crippen LogP contribution is 2.64. The van der Waals surface area contributed by atoms with Crippen molar-refractivity contribution in [2.45, 2.75) is 97.5 Å². The smallest absolute Gasteiger partial charge is 0.133 e. The van der Waals surface area contributed by atoms with E-state index in [4.69, 9.17) is 0 Å². The van der Waals surface area contributed by atoms with Crippen molar-refractivity contribution < 1.29 is 9.90 Å². The molecule has 2 nitrogen and oxygen atoms in total. The number of carbonyl (C=O) groups is 1. The Kier molecular flexibility index (Phi) is 5.17. The molecule has 3 fully saturated rings. The fourth-order valence-corrected chi connectivity index (χ4v) is 6.79. The number of Topliss-reactive ketones (excluding diaryl/α,β-unsaturated/α-hetero) is 1. The van der Waals surface area contributed by atoms with Gasteiger partial charge < -0.3 is 5.11 Å². The third-order valence-corrected chi connectivity index (χ3v) is 8.36. The normalized spacial score (nSPS) is 47.3. The number of fused-ring (bicyclic) bond motifs is 3. The van der Waals surface area contributed by atoms with Gasteiger partial charge in [0, 0.05) is 12.8 Å². The third kappa shape index (κ3) is 2.97. The highest BCUT2D eigenvalue weighted by atomic mass is 16.3. The molecule has 0 aromatic carbocycles. The number of rotatable bonds is 1. The molecule has 3 aliphatic carbocycles. The second-order valence-corrected chi connectivity index (χ2v) is 9.92. The van der Waals surface area contributed by atoms with Crippen LogP contribution >= 0.6 is 0 Å². The topological polar surface area (TPSA) is 37.3 Å². The van der Waals surface area contributed by atoms with E-state index in [-0.39, 0.29) is 5.41 Å². The van der Waals surface area contributed by atoms with Crippen molar-refractivity contribution in [1.82, 2.24) is 0 Å². The minimum atomic E-state index is -0.473. The van der Waals surface area contributed by atoms with Gasteiger partial charge >= 0.3 is 0 Å². The lowest BCUT2D eigenvalue weighted by molar-refractivity contribution is -0.136. The van der Waals surface area contributed by atoms with E-state index in [0.29, 0.717) is 23.5 Å². The summed E-state index contributed by atoms with van der Waals surface area (Å²) in [5.74, 6) is 3.61. The number of aliphatic hydroxyl groups is 1. The molecule has 0 radical (unpaired) electrons. The van der Waals surface area contributed by atoms with Crippen molar-refractivity contribution in [3.8, 4) is 0 Å². The molecule has 0 bridgehead atoms. The number of hydrogen-bond donors (Lipinski definition) is 1. The van der Waals surface area contributed by atoms with Crippen LogP contribution < -0.4 is 0 Å². The quantitative estimate of drug-likeness (QED) is 0.699. The molecule has 24 heavy (non-hydrogen) atoms. The first kappa shape index (κ1) is 18.4. The molecule has 3 rings (SSSR count). The van der Waals surface area contributed by atoms with Crippen molar-refractivity contribution in [2.75, 3.05) is 0 Å².